The van der Waals surface area contributed by atoms with Crippen LogP contribution in [0.2, 0.25) is 0 Å². The molecule has 1 saturated carbocycles. The van der Waals surface area contributed by atoms with Crippen LogP contribution < -0.4 is 19.7 Å². The van der Waals surface area contributed by atoms with Crippen molar-refractivity contribution in [3.05, 3.63) is 41.5 Å². The number of terminal acetylenes is 1. The molecule has 12 nitrogen and oxygen atoms in total. The van der Waals surface area contributed by atoms with Gasteiger partial charge in [-0.15, -0.1) is 6.42 Å². The van der Waals surface area contributed by atoms with Crippen molar-refractivity contribution in [2.24, 2.45) is 5.41 Å². The fraction of sp³-hybridized carbons (Fsp3) is 0.523. The van der Waals surface area contributed by atoms with E-state index in [4.69, 9.17) is 20.9 Å². The van der Waals surface area contributed by atoms with E-state index in [0.29, 0.717) is 63.7 Å². The third kappa shape index (κ3) is 8.09. The normalized spacial score (nSPS) is 20.5. The Morgan fingerprint density at radius 1 is 1.08 bits per heavy atom. The molecule has 1 aliphatic carbocycles. The largest absolute Gasteiger partial charge is 0.508 e. The molecule has 2 aliphatic heterocycles. The molecule has 3 fully saturated rings. The molecule has 2 aromatic carbocycles. The van der Waals surface area contributed by atoms with Gasteiger partial charge in [0.05, 0.1) is 37.4 Å². The average molecular weight is 813 g/mol. The number of nitrogens with zero attached hydrogens (tertiary/aromatic N) is 7. The summed E-state index contributed by atoms with van der Waals surface area (Å²) in [5.74, 6) is 0.828. The van der Waals surface area contributed by atoms with Gasteiger partial charge in [-0.1, -0.05) is 32.8 Å². The van der Waals surface area contributed by atoms with Crippen LogP contribution in [0, 0.1) is 40.7 Å². The van der Waals surface area contributed by atoms with Crippen LogP contribution in [0.1, 0.15) is 78.2 Å². The maximum atomic E-state index is 17.5. The Morgan fingerprint density at radius 3 is 2.37 bits per heavy atom. The number of hydrogen-bond acceptors (Lipinski definition) is 10. The number of methoxy groups -OCH3 is 1. The fourth-order valence-electron chi connectivity index (χ4n) is 8.46. The fourth-order valence-corrected chi connectivity index (χ4v) is 8.46. The van der Waals surface area contributed by atoms with Gasteiger partial charge in [-0.3, -0.25) is 0 Å². The number of aromatic nitrogens is 3. The van der Waals surface area contributed by atoms with Crippen molar-refractivity contribution in [2.75, 3.05) is 51.3 Å². The lowest BCUT2D eigenvalue weighted by molar-refractivity contribution is 0.107. The van der Waals surface area contributed by atoms with Gasteiger partial charge in [0.2, 0.25) is 5.88 Å². The highest BCUT2D eigenvalue weighted by Crippen LogP contribution is 2.48. The first-order chi connectivity index (χ1) is 28.3. The number of alkyl halides is 1. The number of piperidine rings is 1. The summed E-state index contributed by atoms with van der Waals surface area (Å²) in [7, 11) is 1.39. The van der Waals surface area contributed by atoms with Crippen molar-refractivity contribution in [1.82, 2.24) is 30.1 Å². The molecule has 3 aliphatic rings. The highest BCUT2D eigenvalue weighted by molar-refractivity contribution is 6.04. The van der Waals surface area contributed by atoms with Crippen molar-refractivity contribution in [3.8, 4) is 47.3 Å². The molecule has 0 bridgehead atoms. The van der Waals surface area contributed by atoms with Gasteiger partial charge in [0.1, 0.15) is 45.7 Å². The van der Waals surface area contributed by atoms with Crippen LogP contribution in [0.5, 0.6) is 17.6 Å². The second-order valence-electron chi connectivity index (χ2n) is 16.4. The number of rotatable bonds is 12. The number of phenols is 1. The molecule has 15 heteroatoms. The number of phenolic OH excluding ortho intramolecular Hbond substituents is 1. The number of pyridine rings is 1. The van der Waals surface area contributed by atoms with E-state index >= 15 is 8.78 Å². The highest BCUT2D eigenvalue weighted by atomic mass is 19.1. The molecule has 3 atom stereocenters. The Hall–Kier alpha value is -5.54. The first-order valence-electron chi connectivity index (χ1n) is 20.4. The molecule has 0 spiro atoms. The van der Waals surface area contributed by atoms with Crippen LogP contribution in [0.3, 0.4) is 0 Å². The minimum Gasteiger partial charge on any atom is -0.508 e. The van der Waals surface area contributed by atoms with Gasteiger partial charge in [0, 0.05) is 49.1 Å². The van der Waals surface area contributed by atoms with Crippen molar-refractivity contribution >= 4 is 33.5 Å². The Balaban J connectivity index is 1.35. The number of halogens is 3. The van der Waals surface area contributed by atoms with Crippen molar-refractivity contribution in [2.45, 2.75) is 96.4 Å². The summed E-state index contributed by atoms with van der Waals surface area (Å²) < 4.78 is 58.8. The second kappa shape index (κ2) is 16.6. The summed E-state index contributed by atoms with van der Waals surface area (Å²) in [6.07, 6.45) is 9.35. The molecular weight excluding hydrogens is 762 g/mol. The second-order valence-corrected chi connectivity index (χ2v) is 16.4. The number of piperazine rings is 1. The maximum Gasteiger partial charge on any atom is 0.319 e. The van der Waals surface area contributed by atoms with Gasteiger partial charge < -0.3 is 34.6 Å². The molecule has 2 amide bonds. The van der Waals surface area contributed by atoms with Crippen LogP contribution in [-0.2, 0) is 0 Å². The molecule has 2 aromatic heterocycles. The number of likely N-dealkylation sites (tertiary alicyclic amines) is 1. The van der Waals surface area contributed by atoms with Gasteiger partial charge in [-0.2, -0.15) is 15.2 Å². The monoisotopic (exact) mass is 812 g/mol. The number of nitrogens with one attached hydrogen (secondary N) is 1. The number of amides is 2. The molecule has 59 heavy (non-hydrogen) atoms. The highest BCUT2D eigenvalue weighted by Gasteiger charge is 2.46. The number of carbonyl (C=O) groups is 1. The summed E-state index contributed by atoms with van der Waals surface area (Å²) >= 11 is 0. The Morgan fingerprint density at radius 2 is 1.78 bits per heavy atom. The van der Waals surface area contributed by atoms with E-state index in [1.54, 1.807) is 11.8 Å². The lowest BCUT2D eigenvalue weighted by atomic mass is 9.95. The van der Waals surface area contributed by atoms with E-state index in [2.05, 4.69) is 32.2 Å². The van der Waals surface area contributed by atoms with Crippen molar-refractivity contribution in [3.63, 3.8) is 0 Å². The van der Waals surface area contributed by atoms with Crippen LogP contribution >= 0.6 is 0 Å². The summed E-state index contributed by atoms with van der Waals surface area (Å²) in [6, 6.07) is 6.46. The van der Waals surface area contributed by atoms with E-state index in [-0.39, 0.29) is 86.7 Å². The number of ether oxygens (including phenoxy) is 2. The number of carbonyl (C=O) groups excluding carboxylic acids is 1. The smallest absolute Gasteiger partial charge is 0.319 e. The van der Waals surface area contributed by atoms with Crippen LogP contribution in [-0.4, -0.2) is 106 Å². The molecule has 7 rings (SSSR count). The molecule has 2 N–H and O–H groups in total. The van der Waals surface area contributed by atoms with Crippen molar-refractivity contribution < 1.29 is 32.5 Å². The number of hydrogen-bond donors (Lipinski definition) is 2. The summed E-state index contributed by atoms with van der Waals surface area (Å²) in [6.45, 7) is 10.4. The average Bonchev–Trinajstić information content (AvgIpc) is 4.02. The molecule has 2 saturated heterocycles. The van der Waals surface area contributed by atoms with E-state index in [1.165, 1.54) is 31.4 Å². The van der Waals surface area contributed by atoms with Crippen LogP contribution in [0.25, 0.3) is 32.9 Å². The number of aromatic hydroxyl groups is 1. The molecule has 4 heterocycles. The zero-order chi connectivity index (χ0) is 42.2. The predicted octanol–water partition coefficient (Wildman–Crippen LogP) is 7.49. The summed E-state index contributed by atoms with van der Waals surface area (Å²) in [5.41, 5.74) is -1.78. The number of urea groups is 1. The SMILES string of the molecule is C#Cc1c(F)ccc2cc(O)cc(-c3nc(OC)c4c(N5CC(CC)N(C(=O)NC(C)(C#N)CC)C(CC)C5)nc(OCC5(CN6CCC(F)CC6)CC5)nc4c3F)c12. The Labute approximate surface area is 342 Å². The number of benzene rings is 2. The first-order valence-corrected chi connectivity index (χ1v) is 20.4. The number of fused-ring (bicyclic) bond motifs is 2. The Bertz CT molecular complexity index is 2320. The van der Waals surface area contributed by atoms with E-state index in [9.17, 15) is 19.6 Å². The number of nitriles is 1. The molecule has 3 unspecified atom stereocenters. The van der Waals surface area contributed by atoms with Crippen LogP contribution in [0.15, 0.2) is 24.3 Å². The maximum absolute atomic E-state index is 17.5. The lowest BCUT2D eigenvalue weighted by Crippen LogP contribution is -2.64. The number of anilines is 1. The van der Waals surface area contributed by atoms with Crippen molar-refractivity contribution in [1.29, 1.82) is 5.26 Å². The van der Waals surface area contributed by atoms with Gasteiger partial charge in [-0.05, 0) is 75.5 Å². The molecule has 312 valence electrons. The van der Waals surface area contributed by atoms with Crippen LogP contribution in [0.4, 0.5) is 23.8 Å². The molecular formula is C44H51F3N8O4. The van der Waals surface area contributed by atoms with E-state index in [1.807, 2.05) is 25.7 Å². The van der Waals surface area contributed by atoms with Gasteiger partial charge in [0.25, 0.3) is 0 Å². The minimum absolute atomic E-state index is 0.0305. The zero-order valence-corrected chi connectivity index (χ0v) is 34.2. The summed E-state index contributed by atoms with van der Waals surface area (Å²) in [4.78, 5) is 34.1. The topological polar surface area (TPSA) is 140 Å². The van der Waals surface area contributed by atoms with Gasteiger partial charge >= 0.3 is 12.0 Å². The molecule has 4 aromatic rings. The summed E-state index contributed by atoms with van der Waals surface area (Å²) in [5, 5.41) is 24.3. The standard InChI is InChI=1S/C44H51F3N8O4/c1-7-28-21-54(22-29(8-2)55(28)42(57)52-43(5,10-4)23-48)39-35-38(50-41(51-39)59-25-44(15-16-44)24-53-17-13-27(45)14-18-53)36(47)37(49-40(35)58-6)32-20-30(56)19-26-11-12-33(46)31(9-3)34(26)32/h3,11-12,19-20,27-29,56H,7-8,10,13-18,21-22,24-25H2,1-2,4-6H3,(H,52,57). The van der Waals surface area contributed by atoms with E-state index in [0.717, 1.165) is 19.4 Å². The lowest BCUT2D eigenvalue weighted by Gasteiger charge is -2.47. The molecule has 0 radical (unpaired) electrons. The quantitative estimate of drug-likeness (QED) is 0.138. The van der Waals surface area contributed by atoms with Gasteiger partial charge in [-0.25, -0.2) is 22.9 Å². The predicted molar refractivity (Wildman–Crippen MR) is 219 cm³/mol. The third-order valence-electron chi connectivity index (χ3n) is 12.4. The third-order valence-corrected chi connectivity index (χ3v) is 12.4. The first kappa shape index (κ1) is 41.6. The Kier molecular flexibility index (Phi) is 11.7. The zero-order valence-electron chi connectivity index (χ0n) is 34.2. The van der Waals surface area contributed by atoms with Gasteiger partial charge in [0.15, 0.2) is 5.82 Å². The van der Waals surface area contributed by atoms with E-state index < -0.39 is 23.3 Å². The minimum atomic E-state index is -1.05.